The second kappa shape index (κ2) is 51.7. The molecule has 0 radical (unpaired) electrons. The standard InChI is InChI=1S/C25H22F3N5O2.C21H23BF3NO3.2C10H11ClN4O.C6H3BrClN3.C4H3BrClN3.C4H4ClN3.C4H9NO.C2H3ClO.Br2/c1-16-5-6-19(30-24(34)17-3-2-4-18(13-17)25(26,27)28)14-20(16)21-15-22(32-9-11-35-12-10-32)23-29-7-8-33(23)31-21;1-13-9-10-16(12-17(13)22-28-19(2,3)20(4,5)29-22)26-18(27)14-7-6-8-15(11-14)21(23,24)25;2*11-9-7-8(14-3-5-16-6-4-14)10-12-1-2-15(10)13-9;7-4-3-5(8)10-11-2-1-9-6(4)11;5-2-1-3(6)8-9-4(2)7;5-3-1-2-4(6)8-7-3;1-3-6-4-2-5-1;3-1-2-4;1-2/h2-8,13-15H,9-12H2,1H3,(H,30,34);6-12H,1-5H3,(H,26,27);2*1-2,7H,3-6H2;1-3H;1H,(H2,7,9);1-2H,(H2,6,8);5H,1-4H2;2H,1H2;. The molecule has 722 valence electrons. The van der Waals surface area contributed by atoms with Crippen molar-refractivity contribution in [2.24, 2.45) is 0 Å². The Hall–Kier alpha value is -9.85. The highest BCUT2D eigenvalue weighted by Gasteiger charge is 2.52. The van der Waals surface area contributed by atoms with Crippen molar-refractivity contribution in [2.45, 2.75) is 65.1 Å². The van der Waals surface area contributed by atoms with Crippen LogP contribution in [0, 0.1) is 13.8 Å². The molecule has 19 rings (SSSR count). The number of anilines is 7. The lowest BCUT2D eigenvalue weighted by molar-refractivity contribution is -0.138. The monoisotopic (exact) mass is 2250 g/mol. The maximum absolute atomic E-state index is 13.0. The van der Waals surface area contributed by atoms with Crippen molar-refractivity contribution < 1.29 is 69.0 Å². The number of nitrogens with two attached hydrogens (primary N) is 2. The van der Waals surface area contributed by atoms with Gasteiger partial charge in [-0.1, -0.05) is 87.8 Å². The SMILES string of the molecule is BrBr.C1COCCN1.Cc1ccc(NC(=O)c2cccc(C(F)(F)F)c2)cc1-c1cc(N2CCOCC2)c2nccn2n1.Cc1ccc(NC(=O)c2cccc(C(F)(F)F)c2)cc1B1OC(C)(C)C(C)(C)O1.Clc1cc(Br)c2nccn2n1.Clc1cc(N2CCOCC2)c2nccn2n1.Clc1cc(N2CCOCC2)c2nccn2n1.Nc1ccc(Cl)nn1.Nc1nnc(Cl)cc1Br.O=CCCl. The molecule has 50 heteroatoms. The van der Waals surface area contributed by atoms with Gasteiger partial charge in [0.05, 0.1) is 113 Å². The zero-order valence-corrected chi connectivity index (χ0v) is 84.2. The van der Waals surface area contributed by atoms with Crippen LogP contribution in [0.25, 0.3) is 33.8 Å². The summed E-state index contributed by atoms with van der Waals surface area (Å²) < 4.78 is 119. The summed E-state index contributed by atoms with van der Waals surface area (Å²) in [5.41, 5.74) is 18.7. The van der Waals surface area contributed by atoms with E-state index in [-0.39, 0.29) is 17.0 Å². The van der Waals surface area contributed by atoms with E-state index in [1.54, 1.807) is 116 Å². The number of benzene rings is 4. The molecule has 0 atom stereocenters. The van der Waals surface area contributed by atoms with Crippen molar-refractivity contribution in [3.05, 3.63) is 245 Å². The highest BCUT2D eigenvalue weighted by molar-refractivity contribution is 9.93. The van der Waals surface area contributed by atoms with Gasteiger partial charge in [-0.15, -0.1) is 32.0 Å². The smallest absolute Gasteiger partial charge is 0.399 e. The minimum Gasteiger partial charge on any atom is -0.399 e. The molecule has 4 aromatic carbocycles. The number of aromatic nitrogens is 16. The number of aryl methyl sites for hydroxylation is 2. The average Bonchev–Trinajstić information content (AvgIpc) is 1.58. The molecule has 0 saturated carbocycles. The molecule has 0 bridgehead atoms. The van der Waals surface area contributed by atoms with Gasteiger partial charge in [0, 0.05) is 170 Å². The van der Waals surface area contributed by atoms with E-state index in [0.29, 0.717) is 78.4 Å². The van der Waals surface area contributed by atoms with Crippen molar-refractivity contribution in [3.63, 3.8) is 0 Å². The molecule has 7 N–H and O–H groups in total. The van der Waals surface area contributed by atoms with Crippen LogP contribution in [0.15, 0.2) is 186 Å². The number of fused-ring (bicyclic) bond motifs is 4. The molecule has 33 nitrogen and oxygen atoms in total. The van der Waals surface area contributed by atoms with Gasteiger partial charge in [0.1, 0.15) is 12.1 Å². The van der Waals surface area contributed by atoms with Gasteiger partial charge in [-0.25, -0.2) is 38.0 Å². The fourth-order valence-corrected chi connectivity index (χ4v) is 14.8. The van der Waals surface area contributed by atoms with Gasteiger partial charge in [-0.05, 0) is 175 Å². The van der Waals surface area contributed by atoms with Crippen LogP contribution in [0.3, 0.4) is 0 Å². The van der Waals surface area contributed by atoms with E-state index in [2.05, 4.69) is 146 Å². The molecule has 5 aliphatic heterocycles. The number of imidazole rings is 4. The molecule has 2 amide bonds. The first-order valence-electron chi connectivity index (χ1n) is 41.1. The van der Waals surface area contributed by atoms with Crippen LogP contribution in [-0.4, -0.2) is 226 Å². The topological polar surface area (TPSA) is 377 Å². The first-order valence-corrected chi connectivity index (χ1v) is 48.8. The van der Waals surface area contributed by atoms with Crippen molar-refractivity contribution in [1.82, 2.24) is 84.1 Å². The molecule has 5 fully saturated rings. The second-order valence-corrected chi connectivity index (χ2v) is 34.1. The summed E-state index contributed by atoms with van der Waals surface area (Å²) in [5, 5.41) is 41.6. The molecular formula is C86H89BBr4Cl6F6N24O9. The lowest BCUT2D eigenvalue weighted by Gasteiger charge is -2.32. The normalized spacial score (nSPS) is 14.8. The number of morpholine rings is 4. The Bertz CT molecular complexity index is 6150. The molecular weight excluding hydrogens is 2170 g/mol. The number of hydrogen-bond acceptors (Lipinski definition) is 27. The van der Waals surface area contributed by atoms with Crippen molar-refractivity contribution in [1.29, 1.82) is 0 Å². The number of alkyl halides is 7. The number of carbonyl (C=O) groups is 3. The number of hydrogen-bond donors (Lipinski definition) is 5. The molecule has 15 heterocycles. The van der Waals surface area contributed by atoms with Crippen LogP contribution in [0.1, 0.15) is 70.7 Å². The second-order valence-electron chi connectivity index (χ2n) is 30.1. The number of nitrogens with one attached hydrogen (secondary N) is 3. The van der Waals surface area contributed by atoms with Crippen molar-refractivity contribution in [2.75, 3.05) is 148 Å². The Morgan fingerprint density at radius 1 is 0.485 bits per heavy atom. The minimum absolute atomic E-state index is 0.0717. The number of nitrogen functional groups attached to an aromatic ring is 2. The first kappa shape index (κ1) is 108. The van der Waals surface area contributed by atoms with Crippen LogP contribution in [-0.2, 0) is 45.4 Å². The first-order chi connectivity index (χ1) is 64.9. The molecule has 0 aliphatic carbocycles. The van der Waals surface area contributed by atoms with Gasteiger partial charge < -0.3 is 75.2 Å². The fraction of sp³-hybridized carbons (Fsp3) is 0.314. The predicted octanol–water partition coefficient (Wildman–Crippen LogP) is 17.9. The number of amides is 2. The van der Waals surface area contributed by atoms with Crippen molar-refractivity contribution >= 4 is 223 Å². The third kappa shape index (κ3) is 31.3. The molecule has 136 heavy (non-hydrogen) atoms. The number of halogens is 16. The highest BCUT2D eigenvalue weighted by Crippen LogP contribution is 2.39. The lowest BCUT2D eigenvalue weighted by Crippen LogP contribution is -2.41. The number of rotatable bonds is 10. The Morgan fingerprint density at radius 2 is 0.882 bits per heavy atom. The van der Waals surface area contributed by atoms with E-state index < -0.39 is 53.6 Å². The molecule has 0 spiro atoms. The zero-order valence-electron chi connectivity index (χ0n) is 73.3. The van der Waals surface area contributed by atoms with Crippen LogP contribution in [0.5, 0.6) is 0 Å². The Morgan fingerprint density at radius 3 is 1.28 bits per heavy atom. The average molecular weight is 2260 g/mol. The van der Waals surface area contributed by atoms with Gasteiger partial charge >= 0.3 is 19.5 Å². The predicted molar refractivity (Wildman–Crippen MR) is 529 cm³/mol. The number of carbonyl (C=O) groups excluding carboxylic acids is 3. The minimum atomic E-state index is -4.52. The van der Waals surface area contributed by atoms with Gasteiger partial charge in [-0.3, -0.25) is 9.59 Å². The van der Waals surface area contributed by atoms with E-state index in [4.69, 9.17) is 119 Å². The quantitative estimate of drug-likeness (QED) is 0.0367. The molecule has 14 aromatic rings. The summed E-state index contributed by atoms with van der Waals surface area (Å²) in [6.07, 6.45) is 5.53. The third-order valence-corrected chi connectivity index (χ3v) is 22.6. The van der Waals surface area contributed by atoms with Crippen LogP contribution >= 0.6 is 130 Å². The van der Waals surface area contributed by atoms with Gasteiger partial charge in [0.15, 0.2) is 54.2 Å². The fourth-order valence-electron chi connectivity index (χ4n) is 12.9. The molecule has 5 aliphatic rings. The summed E-state index contributed by atoms with van der Waals surface area (Å²) in [5.74, 6) is -0.411. The van der Waals surface area contributed by atoms with Crippen molar-refractivity contribution in [3.8, 4) is 11.3 Å². The van der Waals surface area contributed by atoms with Crippen LogP contribution in [0.2, 0.25) is 25.8 Å². The molecule has 5 saturated heterocycles. The summed E-state index contributed by atoms with van der Waals surface area (Å²) in [6, 6.07) is 31.4. The van der Waals surface area contributed by atoms with Crippen LogP contribution < -0.4 is 47.6 Å². The summed E-state index contributed by atoms with van der Waals surface area (Å²) in [7, 11) is -0.606. The van der Waals surface area contributed by atoms with E-state index >= 15 is 0 Å². The van der Waals surface area contributed by atoms with E-state index in [0.717, 1.165) is 183 Å². The Labute approximate surface area is 838 Å². The van der Waals surface area contributed by atoms with Gasteiger partial charge in [-0.2, -0.15) is 46.7 Å². The number of aldehydes is 1. The Balaban J connectivity index is 0.000000169. The van der Waals surface area contributed by atoms with Crippen LogP contribution in [0.4, 0.5) is 66.4 Å². The van der Waals surface area contributed by atoms with Gasteiger partial charge in [0.2, 0.25) is 0 Å². The summed E-state index contributed by atoms with van der Waals surface area (Å²) in [4.78, 5) is 58.0. The largest absolute Gasteiger partial charge is 0.495 e. The van der Waals surface area contributed by atoms with Gasteiger partial charge in [0.25, 0.3) is 11.8 Å². The zero-order chi connectivity index (χ0) is 98.4. The lowest BCUT2D eigenvalue weighted by atomic mass is 9.76. The summed E-state index contributed by atoms with van der Waals surface area (Å²) >= 11 is 45.3. The number of nitrogens with zero attached hydrogens (tertiary/aromatic N) is 19. The van der Waals surface area contributed by atoms with E-state index in [1.807, 2.05) is 71.9 Å². The molecule has 0 unspecified atom stereocenters. The maximum Gasteiger partial charge on any atom is 0.495 e. The highest BCUT2D eigenvalue weighted by atomic mass is 80.9. The van der Waals surface area contributed by atoms with E-state index in [1.165, 1.54) is 24.3 Å². The van der Waals surface area contributed by atoms with E-state index in [9.17, 15) is 35.9 Å². The maximum atomic E-state index is 13.0. The summed E-state index contributed by atoms with van der Waals surface area (Å²) in [6.45, 7) is 24.6. The number of ether oxygens (including phenoxy) is 4. The molecule has 10 aromatic heterocycles. The Kier molecular flexibility index (Phi) is 41.1. The third-order valence-electron chi connectivity index (χ3n) is 20.3.